The number of fused-ring (bicyclic) bond motifs is 1. The second-order valence-corrected chi connectivity index (χ2v) is 9.07. The molecule has 36 heavy (non-hydrogen) atoms. The lowest BCUT2D eigenvalue weighted by atomic mass is 10.1. The monoisotopic (exact) mass is 502 g/mol. The Balaban J connectivity index is 1.27. The van der Waals surface area contributed by atoms with Crippen LogP contribution in [0.4, 0.5) is 20.4 Å². The van der Waals surface area contributed by atoms with Crippen molar-refractivity contribution < 1.29 is 13.6 Å². The van der Waals surface area contributed by atoms with Gasteiger partial charge in [0.25, 0.3) is 5.91 Å². The van der Waals surface area contributed by atoms with E-state index >= 15 is 0 Å². The molecule has 3 aromatic heterocycles. The van der Waals surface area contributed by atoms with Crippen molar-refractivity contribution in [3.63, 3.8) is 0 Å². The van der Waals surface area contributed by atoms with E-state index in [-0.39, 0.29) is 12.1 Å². The number of thiophene rings is 1. The van der Waals surface area contributed by atoms with Crippen molar-refractivity contribution in [2.24, 2.45) is 0 Å². The number of nitrogen functional groups attached to an aromatic ring is 1. The second-order valence-electron chi connectivity index (χ2n) is 7.91. The van der Waals surface area contributed by atoms with Crippen LogP contribution < -0.4 is 16.4 Å². The summed E-state index contributed by atoms with van der Waals surface area (Å²) in [5, 5.41) is 6.62. The van der Waals surface area contributed by atoms with Crippen molar-refractivity contribution in [1.29, 1.82) is 0 Å². The number of aromatic nitrogens is 3. The Bertz CT molecular complexity index is 1570. The van der Waals surface area contributed by atoms with Crippen LogP contribution in [0, 0.1) is 11.6 Å². The van der Waals surface area contributed by atoms with E-state index in [1.807, 2.05) is 30.3 Å². The summed E-state index contributed by atoms with van der Waals surface area (Å²) in [5.41, 5.74) is 8.15. The summed E-state index contributed by atoms with van der Waals surface area (Å²) >= 11 is 1.59. The van der Waals surface area contributed by atoms with Gasteiger partial charge < -0.3 is 16.4 Å². The van der Waals surface area contributed by atoms with Crippen LogP contribution >= 0.6 is 11.3 Å². The topological polar surface area (TPSA) is 106 Å². The van der Waals surface area contributed by atoms with Crippen molar-refractivity contribution >= 4 is 39.8 Å². The first kappa shape index (κ1) is 23.3. The lowest BCUT2D eigenvalue weighted by Crippen LogP contribution is -2.25. The van der Waals surface area contributed by atoms with E-state index in [1.165, 1.54) is 18.5 Å². The third-order valence-electron chi connectivity index (χ3n) is 5.57. The number of nitrogens with one attached hydrogen (secondary N) is 2. The van der Waals surface area contributed by atoms with E-state index in [1.54, 1.807) is 29.7 Å². The fraction of sp³-hybridized carbons (Fsp3) is 0.0769. The fourth-order valence-corrected chi connectivity index (χ4v) is 4.66. The number of halogens is 2. The number of pyridine rings is 1. The molecule has 0 fully saturated rings. The predicted molar refractivity (Wildman–Crippen MR) is 136 cm³/mol. The summed E-state index contributed by atoms with van der Waals surface area (Å²) in [6.07, 6.45) is 3.02. The maximum atomic E-state index is 13.9. The van der Waals surface area contributed by atoms with Crippen LogP contribution in [0.2, 0.25) is 0 Å². The second kappa shape index (κ2) is 10.0. The van der Waals surface area contributed by atoms with Gasteiger partial charge in [-0.2, -0.15) is 0 Å². The Hall–Kier alpha value is -4.44. The van der Waals surface area contributed by atoms with E-state index < -0.39 is 17.5 Å². The first-order chi connectivity index (χ1) is 17.5. The van der Waals surface area contributed by atoms with E-state index in [2.05, 4.69) is 25.6 Å². The molecule has 0 unspecified atom stereocenters. The van der Waals surface area contributed by atoms with E-state index in [9.17, 15) is 13.6 Å². The molecule has 2 aromatic carbocycles. The van der Waals surface area contributed by atoms with Crippen molar-refractivity contribution in [2.75, 3.05) is 11.1 Å². The van der Waals surface area contributed by atoms with Gasteiger partial charge in [0.05, 0.1) is 17.6 Å². The molecule has 0 spiro atoms. The molecule has 10 heteroatoms. The molecule has 0 saturated heterocycles. The highest BCUT2D eigenvalue weighted by molar-refractivity contribution is 7.15. The number of rotatable bonds is 7. The third kappa shape index (κ3) is 4.84. The maximum absolute atomic E-state index is 13.9. The number of carbonyl (C=O) groups excluding carboxylic acids is 1. The highest BCUT2D eigenvalue weighted by atomic mass is 32.1. The predicted octanol–water partition coefficient (Wildman–Crippen LogP) is 5.16. The molecule has 0 saturated carbocycles. The quantitative estimate of drug-likeness (QED) is 0.284. The van der Waals surface area contributed by atoms with Crippen molar-refractivity contribution in [1.82, 2.24) is 20.3 Å². The van der Waals surface area contributed by atoms with Gasteiger partial charge in [0.1, 0.15) is 18.0 Å². The molecule has 7 nitrogen and oxygen atoms in total. The van der Waals surface area contributed by atoms with Crippen molar-refractivity contribution in [3.8, 4) is 10.4 Å². The lowest BCUT2D eigenvalue weighted by molar-refractivity contribution is 0.0951. The molecule has 3 heterocycles. The van der Waals surface area contributed by atoms with Gasteiger partial charge in [-0.05, 0) is 48.0 Å². The molecule has 0 atom stereocenters. The minimum absolute atomic E-state index is 0.0647. The maximum Gasteiger partial charge on any atom is 0.255 e. The number of benzene rings is 2. The Morgan fingerprint density at radius 3 is 2.75 bits per heavy atom. The van der Waals surface area contributed by atoms with Crippen LogP contribution in [0.15, 0.2) is 73.2 Å². The third-order valence-corrected chi connectivity index (χ3v) is 6.70. The molecule has 5 rings (SSSR count). The molecule has 5 aromatic rings. The number of anilines is 2. The van der Waals surface area contributed by atoms with E-state index in [4.69, 9.17) is 5.73 Å². The van der Waals surface area contributed by atoms with Crippen LogP contribution in [0.5, 0.6) is 0 Å². The molecule has 4 N–H and O–H groups in total. The summed E-state index contributed by atoms with van der Waals surface area (Å²) < 4.78 is 27.3. The summed E-state index contributed by atoms with van der Waals surface area (Å²) in [6.45, 7) is 0.297. The van der Waals surface area contributed by atoms with Gasteiger partial charge in [-0.15, -0.1) is 11.3 Å². The summed E-state index contributed by atoms with van der Waals surface area (Å²) in [6, 6.07) is 17.0. The molecule has 0 bridgehead atoms. The Morgan fingerprint density at radius 2 is 1.86 bits per heavy atom. The standard InChI is InChI=1S/C26H20F2N6OS/c27-20-5-1-3-16(23(20)28)12-32-26(35)18-4-2-10-30-25(18)31-13-17-7-9-22(36-17)15-6-8-21-19(11-15)24(29)34-14-33-21/h1-11,14H,12-13H2,(H,30,31)(H,32,35)(H2,29,33,34). The normalized spacial score (nSPS) is 10.9. The van der Waals surface area contributed by atoms with Gasteiger partial charge in [0.2, 0.25) is 0 Å². The number of amides is 1. The molecular formula is C26H20F2N6OS. The van der Waals surface area contributed by atoms with E-state index in [0.717, 1.165) is 32.3 Å². The molecule has 180 valence electrons. The molecule has 0 aliphatic heterocycles. The van der Waals surface area contributed by atoms with Crippen LogP contribution in [0.25, 0.3) is 21.3 Å². The van der Waals surface area contributed by atoms with Crippen LogP contribution in [0.1, 0.15) is 20.8 Å². The highest BCUT2D eigenvalue weighted by Gasteiger charge is 2.15. The van der Waals surface area contributed by atoms with Gasteiger partial charge in [-0.25, -0.2) is 23.7 Å². The minimum atomic E-state index is -0.975. The Morgan fingerprint density at radius 1 is 0.972 bits per heavy atom. The largest absolute Gasteiger partial charge is 0.383 e. The van der Waals surface area contributed by atoms with E-state index in [0.29, 0.717) is 23.7 Å². The average molecular weight is 503 g/mol. The Kier molecular flexibility index (Phi) is 6.50. The smallest absolute Gasteiger partial charge is 0.255 e. The highest BCUT2D eigenvalue weighted by Crippen LogP contribution is 2.31. The molecule has 1 amide bonds. The molecular weight excluding hydrogens is 482 g/mol. The zero-order valence-corrected chi connectivity index (χ0v) is 19.7. The van der Waals surface area contributed by atoms with Crippen molar-refractivity contribution in [3.05, 3.63) is 101 Å². The number of nitrogens with zero attached hydrogens (tertiary/aromatic N) is 3. The van der Waals surface area contributed by atoms with Gasteiger partial charge in [-0.3, -0.25) is 4.79 Å². The first-order valence-electron chi connectivity index (χ1n) is 11.0. The summed E-state index contributed by atoms with van der Waals surface area (Å²) in [5.74, 6) is -1.56. The van der Waals surface area contributed by atoms with Gasteiger partial charge in [0.15, 0.2) is 11.6 Å². The SMILES string of the molecule is Nc1ncnc2ccc(-c3ccc(CNc4ncccc4C(=O)NCc4cccc(F)c4F)s3)cc12. The number of nitrogens with two attached hydrogens (primary N) is 1. The van der Waals surface area contributed by atoms with Gasteiger partial charge in [-0.1, -0.05) is 18.2 Å². The van der Waals surface area contributed by atoms with Crippen LogP contribution in [0.3, 0.4) is 0 Å². The fourth-order valence-electron chi connectivity index (χ4n) is 3.71. The summed E-state index contributed by atoms with van der Waals surface area (Å²) in [7, 11) is 0. The van der Waals surface area contributed by atoms with Gasteiger partial charge >= 0.3 is 0 Å². The van der Waals surface area contributed by atoms with Crippen molar-refractivity contribution in [2.45, 2.75) is 13.1 Å². The zero-order chi connectivity index (χ0) is 25.1. The lowest BCUT2D eigenvalue weighted by Gasteiger charge is -2.11. The number of carbonyl (C=O) groups is 1. The number of hydrogen-bond donors (Lipinski definition) is 3. The number of hydrogen-bond acceptors (Lipinski definition) is 7. The molecule has 0 aliphatic rings. The average Bonchev–Trinajstić information content (AvgIpc) is 3.37. The van der Waals surface area contributed by atoms with Crippen LogP contribution in [-0.4, -0.2) is 20.9 Å². The molecule has 0 aliphatic carbocycles. The summed E-state index contributed by atoms with van der Waals surface area (Å²) in [4.78, 5) is 27.4. The first-order valence-corrected chi connectivity index (χ1v) is 11.8. The Labute approximate surface area is 209 Å². The van der Waals surface area contributed by atoms with Gasteiger partial charge in [0, 0.05) is 33.4 Å². The van der Waals surface area contributed by atoms with Crippen LogP contribution in [-0.2, 0) is 13.1 Å². The zero-order valence-electron chi connectivity index (χ0n) is 18.8. The molecule has 0 radical (unpaired) electrons. The minimum Gasteiger partial charge on any atom is -0.383 e.